The van der Waals surface area contributed by atoms with E-state index in [0.29, 0.717) is 30.2 Å². The van der Waals surface area contributed by atoms with Crippen LogP contribution in [0.3, 0.4) is 0 Å². The highest BCUT2D eigenvalue weighted by molar-refractivity contribution is 5.93. The molecule has 1 aromatic heterocycles. The molecule has 3 aliphatic heterocycles. The lowest BCUT2D eigenvalue weighted by Gasteiger charge is -2.33. The molecule has 0 aliphatic carbocycles. The first kappa shape index (κ1) is 30.6. The van der Waals surface area contributed by atoms with Crippen molar-refractivity contribution in [1.29, 1.82) is 5.26 Å². The number of benzene rings is 2. The van der Waals surface area contributed by atoms with Crippen LogP contribution in [0.4, 0.5) is 4.39 Å². The molecule has 0 radical (unpaired) electrons. The van der Waals surface area contributed by atoms with E-state index in [9.17, 15) is 10.1 Å². The molecule has 0 N–H and O–H groups in total. The van der Waals surface area contributed by atoms with Gasteiger partial charge in [0.05, 0.1) is 54.5 Å². The maximum Gasteiger partial charge on any atom is 0.337 e. The van der Waals surface area contributed by atoms with Crippen LogP contribution in [-0.2, 0) is 22.6 Å². The molecule has 2 fully saturated rings. The van der Waals surface area contributed by atoms with Gasteiger partial charge in [0.1, 0.15) is 11.7 Å². The average molecular weight is 613 g/mol. The van der Waals surface area contributed by atoms with Crippen LogP contribution in [0.2, 0.25) is 0 Å². The van der Waals surface area contributed by atoms with Crippen molar-refractivity contribution in [2.75, 3.05) is 26.8 Å². The maximum atomic E-state index is 15.1. The molecule has 6 rings (SSSR count). The van der Waals surface area contributed by atoms with Crippen LogP contribution in [0.1, 0.15) is 60.8 Å². The third kappa shape index (κ3) is 5.98. The number of hydrogen-bond donors (Lipinski definition) is 0. The normalized spacial score (nSPS) is 22.5. The summed E-state index contributed by atoms with van der Waals surface area (Å²) >= 11 is 0. The molecule has 45 heavy (non-hydrogen) atoms. The van der Waals surface area contributed by atoms with Gasteiger partial charge >= 0.3 is 5.97 Å². The molecule has 4 heterocycles. The second-order valence-corrected chi connectivity index (χ2v) is 11.9. The summed E-state index contributed by atoms with van der Waals surface area (Å²) in [6.07, 6.45) is 5.41. The molecule has 2 atom stereocenters. The smallest absolute Gasteiger partial charge is 0.337 e. The van der Waals surface area contributed by atoms with Crippen LogP contribution in [0.25, 0.3) is 11.0 Å². The van der Waals surface area contributed by atoms with Crippen LogP contribution in [-0.4, -0.2) is 59.1 Å². The molecule has 0 saturated carbocycles. The van der Waals surface area contributed by atoms with E-state index in [1.807, 2.05) is 30.3 Å². The Morgan fingerprint density at radius 2 is 2.02 bits per heavy atom. The minimum atomic E-state index is -1.33. The average Bonchev–Trinajstić information content (AvgIpc) is 3.57. The van der Waals surface area contributed by atoms with E-state index in [1.165, 1.54) is 13.2 Å². The zero-order chi connectivity index (χ0) is 31.7. The number of likely N-dealkylation sites (tertiary alicyclic amines) is 1. The van der Waals surface area contributed by atoms with Crippen molar-refractivity contribution in [3.63, 3.8) is 0 Å². The number of halogens is 1. The summed E-state index contributed by atoms with van der Waals surface area (Å²) in [6, 6.07) is 13.3. The van der Waals surface area contributed by atoms with E-state index in [4.69, 9.17) is 23.9 Å². The number of allylic oxidation sites excluding steroid dienone is 4. The first-order valence-corrected chi connectivity index (χ1v) is 15.3. The molecular weight excluding hydrogens is 575 g/mol. The van der Waals surface area contributed by atoms with Crippen molar-refractivity contribution in [3.05, 3.63) is 89.1 Å². The lowest BCUT2D eigenvalue weighted by molar-refractivity contribution is -0.0592. The number of aromatic nitrogens is 2. The number of imidazole rings is 1. The number of carbonyl (C=O) groups is 1. The van der Waals surface area contributed by atoms with Crippen molar-refractivity contribution in [2.45, 2.75) is 64.0 Å². The first-order valence-electron chi connectivity index (χ1n) is 15.3. The van der Waals surface area contributed by atoms with E-state index in [1.54, 1.807) is 19.9 Å². The fourth-order valence-electron chi connectivity index (χ4n) is 6.20. The number of rotatable bonds is 9. The largest absolute Gasteiger partial charge is 0.465 e. The zero-order valence-electron chi connectivity index (χ0n) is 25.8. The molecule has 9 nitrogen and oxygen atoms in total. The maximum absolute atomic E-state index is 15.1. The molecule has 2 saturated heterocycles. The molecule has 1 unspecified atom stereocenters. The summed E-state index contributed by atoms with van der Waals surface area (Å²) < 4.78 is 40.5. The number of nitriles is 1. The second-order valence-electron chi connectivity index (χ2n) is 11.9. The number of esters is 1. The summed E-state index contributed by atoms with van der Waals surface area (Å²) in [5, 5.41) is 9.17. The van der Waals surface area contributed by atoms with Gasteiger partial charge in [-0.05, 0) is 75.5 Å². The lowest BCUT2D eigenvalue weighted by atomic mass is 9.88. The monoisotopic (exact) mass is 612 g/mol. The van der Waals surface area contributed by atoms with Gasteiger partial charge in [-0.15, -0.1) is 0 Å². The molecule has 2 aromatic carbocycles. The summed E-state index contributed by atoms with van der Waals surface area (Å²) in [5.41, 5.74) is 3.66. The van der Waals surface area contributed by atoms with Crippen LogP contribution in [0.5, 0.6) is 11.5 Å². The second kappa shape index (κ2) is 12.5. The van der Waals surface area contributed by atoms with E-state index < -0.39 is 11.6 Å². The van der Waals surface area contributed by atoms with E-state index in [2.05, 4.69) is 22.1 Å². The van der Waals surface area contributed by atoms with Gasteiger partial charge in [0.2, 0.25) is 0 Å². The van der Waals surface area contributed by atoms with Gasteiger partial charge in [-0.3, -0.25) is 4.90 Å². The fraction of sp³-hybridized carbons (Fsp3) is 0.400. The van der Waals surface area contributed by atoms with Crippen molar-refractivity contribution in [1.82, 2.24) is 14.5 Å². The predicted octanol–water partition coefficient (Wildman–Crippen LogP) is 6.36. The molecule has 0 spiro atoms. The van der Waals surface area contributed by atoms with Crippen molar-refractivity contribution in [3.8, 4) is 17.6 Å². The van der Waals surface area contributed by atoms with E-state index >= 15 is 4.39 Å². The van der Waals surface area contributed by atoms with E-state index in [0.717, 1.165) is 67.5 Å². The molecule has 0 bridgehead atoms. The summed E-state index contributed by atoms with van der Waals surface area (Å²) in [7, 11) is 1.38. The predicted molar refractivity (Wildman–Crippen MR) is 166 cm³/mol. The molecule has 10 heteroatoms. The van der Waals surface area contributed by atoms with Gasteiger partial charge in [0.15, 0.2) is 11.5 Å². The van der Waals surface area contributed by atoms with Crippen molar-refractivity contribution < 1.29 is 28.1 Å². The van der Waals surface area contributed by atoms with Crippen LogP contribution in [0, 0.1) is 11.3 Å². The minimum Gasteiger partial charge on any atom is -0.465 e. The summed E-state index contributed by atoms with van der Waals surface area (Å²) in [4.78, 5) is 19.6. The number of para-hydroxylation sites is 1. The lowest BCUT2D eigenvalue weighted by Crippen LogP contribution is -2.37. The zero-order valence-corrected chi connectivity index (χ0v) is 25.8. The Morgan fingerprint density at radius 1 is 1.24 bits per heavy atom. The number of ether oxygens (including phenoxy) is 4. The number of carbonyl (C=O) groups excluding carboxylic acids is 1. The van der Waals surface area contributed by atoms with Gasteiger partial charge in [-0.1, -0.05) is 24.8 Å². The Bertz CT molecular complexity index is 1740. The number of nitrogens with zero attached hydrogens (tertiary/aromatic N) is 4. The van der Waals surface area contributed by atoms with Crippen molar-refractivity contribution in [2.24, 2.45) is 0 Å². The highest BCUT2D eigenvalue weighted by Gasteiger charge is 2.42. The fourth-order valence-corrected chi connectivity index (χ4v) is 6.20. The molecule has 234 valence electrons. The standard InChI is InChI=1S/C35H37FN4O5/c1-5-23(19-37)17-28(36)22(2)35(3)44-31-8-6-7-27(33(31)45-35)24-11-14-39(15-12-24)21-32-38-29-10-9-25(34(41)42-4)18-30(29)40(32)20-26-13-16-43-26/h5-10,17-18,24,26H,1,11-16,20-21H2,2-4H3/b23-17+,28-22-/t26-,35?/m0/s1. The van der Waals surface area contributed by atoms with Crippen LogP contribution in [0.15, 0.2) is 72.1 Å². The van der Waals surface area contributed by atoms with Gasteiger partial charge in [0, 0.05) is 24.7 Å². The highest BCUT2D eigenvalue weighted by Crippen LogP contribution is 2.48. The number of methoxy groups -OCH3 is 1. The molecular formula is C35H37FN4O5. The molecule has 3 aliphatic rings. The van der Waals surface area contributed by atoms with Gasteiger partial charge in [0.25, 0.3) is 5.79 Å². The Labute approximate surface area is 262 Å². The highest BCUT2D eigenvalue weighted by atomic mass is 19.1. The van der Waals surface area contributed by atoms with E-state index in [-0.39, 0.29) is 29.1 Å². The van der Waals surface area contributed by atoms with Gasteiger partial charge in [-0.2, -0.15) is 5.26 Å². The quantitative estimate of drug-likeness (QED) is 0.156. The minimum absolute atomic E-state index is 0.122. The number of piperidine rings is 1. The third-order valence-electron chi connectivity index (χ3n) is 9.10. The van der Waals surface area contributed by atoms with Gasteiger partial charge in [-0.25, -0.2) is 14.2 Å². The van der Waals surface area contributed by atoms with Crippen LogP contribution >= 0.6 is 0 Å². The summed E-state index contributed by atoms with van der Waals surface area (Å²) in [5.74, 6) is 0.115. The number of hydrogen-bond acceptors (Lipinski definition) is 8. The topological polar surface area (TPSA) is 98.8 Å². The first-order chi connectivity index (χ1) is 21.7. The summed E-state index contributed by atoms with van der Waals surface area (Å²) in [6.45, 7) is 10.7. The molecule has 0 amide bonds. The molecule has 3 aromatic rings. The Hall–Kier alpha value is -4.46. The Morgan fingerprint density at radius 3 is 2.69 bits per heavy atom. The SMILES string of the molecule is C=C/C(C#N)=C\C(F)=C(/C)C1(C)Oc2cccc(C3CCN(Cc4nc5ccc(C(=O)OC)cc5n4C[C@@H]4CCO4)CC3)c2O1. The Balaban J connectivity index is 1.18. The Kier molecular flexibility index (Phi) is 8.49. The van der Waals surface area contributed by atoms with Crippen molar-refractivity contribution >= 4 is 17.0 Å². The van der Waals surface area contributed by atoms with Crippen LogP contribution < -0.4 is 9.47 Å². The van der Waals surface area contributed by atoms with Gasteiger partial charge < -0.3 is 23.5 Å². The number of fused-ring (bicyclic) bond motifs is 2. The third-order valence-corrected chi connectivity index (χ3v) is 9.10.